The number of aromatic nitrogens is 2. The lowest BCUT2D eigenvalue weighted by molar-refractivity contribution is 0.468. The number of halogens is 2. The van der Waals surface area contributed by atoms with E-state index in [9.17, 15) is 4.39 Å². The molecule has 1 aromatic heterocycles. The molecule has 2 aromatic rings. The highest BCUT2D eigenvalue weighted by Gasteiger charge is 2.21. The van der Waals surface area contributed by atoms with E-state index in [2.05, 4.69) is 41.6 Å². The fourth-order valence-electron chi connectivity index (χ4n) is 3.23. The van der Waals surface area contributed by atoms with Crippen LogP contribution in [0.5, 0.6) is 0 Å². The second-order valence-electron chi connectivity index (χ2n) is 6.73. The molecule has 27 heavy (non-hydrogen) atoms. The molecule has 2 heterocycles. The van der Waals surface area contributed by atoms with E-state index in [0.29, 0.717) is 12.1 Å². The fourth-order valence-corrected chi connectivity index (χ4v) is 3.56. The second kappa shape index (κ2) is 9.21. The summed E-state index contributed by atoms with van der Waals surface area (Å²) in [6.07, 6.45) is 6.12. The zero-order valence-electron chi connectivity index (χ0n) is 15.8. The van der Waals surface area contributed by atoms with Crippen LogP contribution in [0.25, 0.3) is 0 Å². The number of piperidine rings is 1. The number of guanidine groups is 1. The average Bonchev–Trinajstić information content (AvgIpc) is 3.08. The van der Waals surface area contributed by atoms with Crippen molar-refractivity contribution in [1.82, 2.24) is 20.4 Å². The van der Waals surface area contributed by atoms with Crippen molar-refractivity contribution in [3.05, 3.63) is 46.4 Å². The summed E-state index contributed by atoms with van der Waals surface area (Å²) >= 11 is 3.28. The Labute approximate surface area is 168 Å². The lowest BCUT2D eigenvalue weighted by atomic mass is 10.1. The Morgan fingerprint density at radius 1 is 1.44 bits per heavy atom. The molecule has 3 rings (SSSR count). The van der Waals surface area contributed by atoms with Gasteiger partial charge in [-0.2, -0.15) is 5.10 Å². The van der Waals surface area contributed by atoms with Gasteiger partial charge in [0, 0.05) is 49.0 Å². The van der Waals surface area contributed by atoms with Crippen LogP contribution in [0.1, 0.15) is 25.3 Å². The first kappa shape index (κ1) is 19.7. The molecule has 0 bridgehead atoms. The van der Waals surface area contributed by atoms with E-state index >= 15 is 0 Å². The highest BCUT2D eigenvalue weighted by atomic mass is 79.9. The topological polar surface area (TPSA) is 57.5 Å². The Balaban J connectivity index is 1.64. The summed E-state index contributed by atoms with van der Waals surface area (Å²) in [6.45, 7) is 5.01. The Morgan fingerprint density at radius 3 is 3.00 bits per heavy atom. The van der Waals surface area contributed by atoms with Gasteiger partial charge in [0.2, 0.25) is 0 Å². The SMILES string of the molecule is CCNC(=NCc1ccc(Br)cc1F)NC1CCCN(c2cnn(C)c2)C1. The van der Waals surface area contributed by atoms with Crippen molar-refractivity contribution < 1.29 is 4.39 Å². The quantitative estimate of drug-likeness (QED) is 0.558. The Bertz CT molecular complexity index is 790. The number of rotatable bonds is 5. The zero-order chi connectivity index (χ0) is 19.2. The third-order valence-corrected chi connectivity index (χ3v) is 5.08. The average molecular weight is 437 g/mol. The lowest BCUT2D eigenvalue weighted by Crippen LogP contribution is -2.51. The predicted octanol–water partition coefficient (Wildman–Crippen LogP) is 3.05. The van der Waals surface area contributed by atoms with Gasteiger partial charge >= 0.3 is 0 Å². The largest absolute Gasteiger partial charge is 0.367 e. The molecule has 2 N–H and O–H groups in total. The van der Waals surface area contributed by atoms with E-state index in [1.807, 2.05) is 37.1 Å². The molecule has 0 radical (unpaired) electrons. The predicted molar refractivity (Wildman–Crippen MR) is 110 cm³/mol. The van der Waals surface area contributed by atoms with Crippen molar-refractivity contribution in [2.45, 2.75) is 32.4 Å². The van der Waals surface area contributed by atoms with E-state index < -0.39 is 0 Å². The number of benzene rings is 1. The fraction of sp³-hybridized carbons (Fsp3) is 0.474. The molecule has 146 valence electrons. The molecule has 0 aliphatic carbocycles. The number of hydrogen-bond donors (Lipinski definition) is 2. The van der Waals surface area contributed by atoms with Gasteiger partial charge in [0.1, 0.15) is 5.82 Å². The van der Waals surface area contributed by atoms with Crippen LogP contribution in [0.15, 0.2) is 40.1 Å². The van der Waals surface area contributed by atoms with Crippen molar-refractivity contribution in [3.63, 3.8) is 0 Å². The molecule has 1 aromatic carbocycles. The number of hydrogen-bond acceptors (Lipinski definition) is 3. The zero-order valence-corrected chi connectivity index (χ0v) is 17.3. The summed E-state index contributed by atoms with van der Waals surface area (Å²) in [7, 11) is 1.93. The Morgan fingerprint density at radius 2 is 2.30 bits per heavy atom. The highest BCUT2D eigenvalue weighted by molar-refractivity contribution is 9.10. The summed E-state index contributed by atoms with van der Waals surface area (Å²) in [4.78, 5) is 6.91. The molecular weight excluding hydrogens is 411 g/mol. The summed E-state index contributed by atoms with van der Waals surface area (Å²) in [5.74, 6) is 0.474. The van der Waals surface area contributed by atoms with Crippen LogP contribution < -0.4 is 15.5 Å². The van der Waals surface area contributed by atoms with E-state index in [-0.39, 0.29) is 11.9 Å². The normalized spacial score (nSPS) is 17.9. The first-order valence-corrected chi connectivity index (χ1v) is 10.1. The van der Waals surface area contributed by atoms with Gasteiger partial charge < -0.3 is 15.5 Å². The molecule has 1 aliphatic rings. The van der Waals surface area contributed by atoms with E-state index in [1.54, 1.807) is 6.07 Å². The first-order valence-electron chi connectivity index (χ1n) is 9.27. The van der Waals surface area contributed by atoms with Crippen LogP contribution >= 0.6 is 15.9 Å². The van der Waals surface area contributed by atoms with Crippen molar-refractivity contribution in [2.24, 2.45) is 12.0 Å². The minimum Gasteiger partial charge on any atom is -0.367 e. The van der Waals surface area contributed by atoms with Gasteiger partial charge in [-0.25, -0.2) is 9.38 Å². The van der Waals surface area contributed by atoms with Crippen molar-refractivity contribution in [1.29, 1.82) is 0 Å². The first-order chi connectivity index (χ1) is 13.0. The molecule has 1 aliphatic heterocycles. The molecule has 1 saturated heterocycles. The summed E-state index contributed by atoms with van der Waals surface area (Å²) in [5.41, 5.74) is 1.72. The summed E-state index contributed by atoms with van der Waals surface area (Å²) < 4.78 is 16.6. The van der Waals surface area contributed by atoms with Gasteiger partial charge in [0.05, 0.1) is 18.4 Å². The van der Waals surface area contributed by atoms with Crippen LogP contribution in [0.4, 0.5) is 10.1 Å². The summed E-state index contributed by atoms with van der Waals surface area (Å²) in [6, 6.07) is 5.35. The molecule has 1 fully saturated rings. The monoisotopic (exact) mass is 436 g/mol. The van der Waals surface area contributed by atoms with E-state index in [1.165, 1.54) is 6.07 Å². The van der Waals surface area contributed by atoms with Crippen LogP contribution in [-0.2, 0) is 13.6 Å². The van der Waals surface area contributed by atoms with Crippen LogP contribution in [0.2, 0.25) is 0 Å². The van der Waals surface area contributed by atoms with Gasteiger partial charge in [0.15, 0.2) is 5.96 Å². The highest BCUT2D eigenvalue weighted by Crippen LogP contribution is 2.19. The molecule has 0 amide bonds. The van der Waals surface area contributed by atoms with Gasteiger partial charge in [-0.05, 0) is 31.9 Å². The Hall–Kier alpha value is -2.09. The maximum absolute atomic E-state index is 14.0. The number of aryl methyl sites for hydroxylation is 1. The van der Waals surface area contributed by atoms with Gasteiger partial charge in [-0.3, -0.25) is 4.68 Å². The van der Waals surface area contributed by atoms with Crippen LogP contribution in [-0.4, -0.2) is 41.4 Å². The number of nitrogens with zero attached hydrogens (tertiary/aromatic N) is 4. The third kappa shape index (κ3) is 5.45. The Kier molecular flexibility index (Phi) is 6.71. The molecule has 1 atom stereocenters. The maximum Gasteiger partial charge on any atom is 0.191 e. The minimum atomic E-state index is -0.246. The molecule has 0 saturated carbocycles. The van der Waals surface area contributed by atoms with E-state index in [0.717, 1.165) is 48.6 Å². The van der Waals surface area contributed by atoms with Crippen LogP contribution in [0.3, 0.4) is 0 Å². The lowest BCUT2D eigenvalue weighted by Gasteiger charge is -2.34. The number of nitrogens with one attached hydrogen (secondary N) is 2. The van der Waals surface area contributed by atoms with Crippen molar-refractivity contribution in [2.75, 3.05) is 24.5 Å². The molecule has 1 unspecified atom stereocenters. The maximum atomic E-state index is 14.0. The molecule has 6 nitrogen and oxygen atoms in total. The van der Waals surface area contributed by atoms with Crippen LogP contribution in [0, 0.1) is 5.82 Å². The van der Waals surface area contributed by atoms with Crippen molar-refractivity contribution >= 4 is 27.6 Å². The van der Waals surface area contributed by atoms with Gasteiger partial charge in [-0.1, -0.05) is 22.0 Å². The molecule has 8 heteroatoms. The molecular formula is C19H26BrFN6. The van der Waals surface area contributed by atoms with E-state index in [4.69, 9.17) is 0 Å². The van der Waals surface area contributed by atoms with Gasteiger partial charge in [0.25, 0.3) is 0 Å². The second-order valence-corrected chi connectivity index (χ2v) is 7.65. The molecule has 0 spiro atoms. The standard InChI is InChI=1S/C19H26BrFN6/c1-3-22-19(23-10-14-6-7-15(20)9-18(14)21)25-16-5-4-8-27(12-16)17-11-24-26(2)13-17/h6-7,9,11,13,16H,3-5,8,10,12H2,1-2H3,(H2,22,23,25). The summed E-state index contributed by atoms with van der Waals surface area (Å²) in [5, 5.41) is 11.0. The number of anilines is 1. The third-order valence-electron chi connectivity index (χ3n) is 4.59. The van der Waals surface area contributed by atoms with Crippen molar-refractivity contribution in [3.8, 4) is 0 Å². The minimum absolute atomic E-state index is 0.246. The number of aliphatic imine (C=N–C) groups is 1. The van der Waals surface area contributed by atoms with Gasteiger partial charge in [-0.15, -0.1) is 0 Å². The smallest absolute Gasteiger partial charge is 0.191 e.